The van der Waals surface area contributed by atoms with E-state index in [2.05, 4.69) is 10.3 Å². The summed E-state index contributed by atoms with van der Waals surface area (Å²) in [7, 11) is 0. The maximum atomic E-state index is 12.4. The highest BCUT2D eigenvalue weighted by Crippen LogP contribution is 2.33. The third-order valence-corrected chi connectivity index (χ3v) is 6.91. The predicted molar refractivity (Wildman–Crippen MR) is 118 cm³/mol. The summed E-state index contributed by atoms with van der Waals surface area (Å²) in [5.41, 5.74) is 2.74. The fraction of sp³-hybridized carbons (Fsp3) is 0.190. The number of anilines is 1. The first-order valence-electron chi connectivity index (χ1n) is 9.04. The van der Waals surface area contributed by atoms with Crippen LogP contribution in [0.15, 0.2) is 46.1 Å². The third kappa shape index (κ3) is 4.77. The number of carbonyl (C=O) groups is 2. The number of Topliss-reactive ketones (excluding diaryl/α,β-unsaturated/α-hetero) is 1. The lowest BCUT2D eigenvalue weighted by molar-refractivity contribution is -0.115. The number of ketones is 1. The molecule has 0 unspecified atom stereocenters. The molecule has 9 heteroatoms. The molecule has 0 saturated carbocycles. The molecule has 0 fully saturated rings. The normalized spacial score (nSPS) is 12.1. The molecule has 1 N–H and O–H groups in total. The van der Waals surface area contributed by atoms with Gasteiger partial charge in [-0.3, -0.25) is 9.59 Å². The minimum atomic E-state index is -0.168. The average Bonchev–Trinajstić information content (AvgIpc) is 3.38. The van der Waals surface area contributed by atoms with Crippen molar-refractivity contribution in [1.29, 1.82) is 0 Å². The molecule has 2 aromatic carbocycles. The van der Waals surface area contributed by atoms with Crippen LogP contribution in [0.2, 0.25) is 5.02 Å². The van der Waals surface area contributed by atoms with Crippen LogP contribution < -0.4 is 14.8 Å². The van der Waals surface area contributed by atoms with Gasteiger partial charge in [0, 0.05) is 21.7 Å². The number of hydrogen-bond donors (Lipinski definition) is 1. The van der Waals surface area contributed by atoms with Gasteiger partial charge in [-0.05, 0) is 42.8 Å². The summed E-state index contributed by atoms with van der Waals surface area (Å²) >= 11 is 8.85. The number of halogens is 1. The molecule has 6 nitrogen and oxygen atoms in total. The highest BCUT2D eigenvalue weighted by atomic mass is 35.5. The van der Waals surface area contributed by atoms with Crippen LogP contribution in [0.3, 0.4) is 0 Å². The van der Waals surface area contributed by atoms with Gasteiger partial charge < -0.3 is 14.8 Å². The van der Waals surface area contributed by atoms with E-state index in [-0.39, 0.29) is 30.7 Å². The monoisotopic (exact) mass is 460 g/mol. The summed E-state index contributed by atoms with van der Waals surface area (Å²) in [6, 6.07) is 10.5. The molecule has 0 bridgehead atoms. The number of ether oxygens (including phenoxy) is 2. The molecule has 0 saturated heterocycles. The predicted octanol–water partition coefficient (Wildman–Crippen LogP) is 4.99. The van der Waals surface area contributed by atoms with Gasteiger partial charge in [0.2, 0.25) is 12.7 Å². The van der Waals surface area contributed by atoms with E-state index >= 15 is 0 Å². The van der Waals surface area contributed by atoms with Crippen molar-refractivity contribution >= 4 is 52.1 Å². The molecular formula is C21H17ClN2O4S2. The molecule has 3 aromatic rings. The van der Waals surface area contributed by atoms with Crippen molar-refractivity contribution < 1.29 is 19.1 Å². The van der Waals surface area contributed by atoms with E-state index in [1.54, 1.807) is 30.3 Å². The Kier molecular flexibility index (Phi) is 6.26. The Bertz CT molecular complexity index is 1120. The minimum absolute atomic E-state index is 0.0239. The summed E-state index contributed by atoms with van der Waals surface area (Å²) in [6.45, 7) is 2.03. The fourth-order valence-electron chi connectivity index (χ4n) is 2.82. The second kappa shape index (κ2) is 9.07. The molecule has 1 amide bonds. The van der Waals surface area contributed by atoms with Gasteiger partial charge in [-0.15, -0.1) is 11.3 Å². The van der Waals surface area contributed by atoms with E-state index in [1.807, 2.05) is 18.4 Å². The van der Waals surface area contributed by atoms with Crippen molar-refractivity contribution in [3.05, 3.63) is 63.6 Å². The lowest BCUT2D eigenvalue weighted by atomic mass is 10.1. The lowest BCUT2D eigenvalue weighted by Crippen LogP contribution is -2.15. The third-order valence-electron chi connectivity index (χ3n) is 4.44. The van der Waals surface area contributed by atoms with Crippen LogP contribution in [0.4, 0.5) is 5.69 Å². The molecule has 4 rings (SSSR count). The lowest BCUT2D eigenvalue weighted by Gasteiger charge is -2.08. The number of rotatable bonds is 7. The van der Waals surface area contributed by atoms with E-state index in [0.29, 0.717) is 33.5 Å². The van der Waals surface area contributed by atoms with Crippen LogP contribution in [0.1, 0.15) is 21.6 Å². The van der Waals surface area contributed by atoms with Crippen LogP contribution in [0, 0.1) is 6.92 Å². The van der Waals surface area contributed by atoms with Gasteiger partial charge in [-0.25, -0.2) is 4.98 Å². The van der Waals surface area contributed by atoms with Crippen molar-refractivity contribution in [3.63, 3.8) is 0 Å². The van der Waals surface area contributed by atoms with Gasteiger partial charge in [0.15, 0.2) is 21.6 Å². The molecule has 1 aliphatic heterocycles. The Morgan fingerprint density at radius 3 is 2.93 bits per heavy atom. The fourth-order valence-corrected chi connectivity index (χ4v) is 4.73. The first-order chi connectivity index (χ1) is 14.5. The van der Waals surface area contributed by atoms with Gasteiger partial charge in [0.05, 0.1) is 17.9 Å². The number of carbonyl (C=O) groups excluding carboxylic acids is 2. The van der Waals surface area contributed by atoms with Crippen molar-refractivity contribution in [1.82, 2.24) is 4.98 Å². The zero-order valence-electron chi connectivity index (χ0n) is 15.9. The zero-order valence-corrected chi connectivity index (χ0v) is 18.3. The smallest absolute Gasteiger partial charge is 0.231 e. The number of nitrogens with one attached hydrogen (secondary N) is 1. The molecule has 1 aromatic heterocycles. The Morgan fingerprint density at radius 1 is 1.23 bits per heavy atom. The van der Waals surface area contributed by atoms with Crippen molar-refractivity contribution in [3.8, 4) is 11.5 Å². The molecule has 0 atom stereocenters. The van der Waals surface area contributed by atoms with Gasteiger partial charge in [0.25, 0.3) is 0 Å². The molecule has 154 valence electrons. The number of nitrogens with zero attached hydrogens (tertiary/aromatic N) is 1. The Balaban J connectivity index is 1.31. The highest BCUT2D eigenvalue weighted by Gasteiger charge is 2.17. The summed E-state index contributed by atoms with van der Waals surface area (Å²) in [4.78, 5) is 29.2. The van der Waals surface area contributed by atoms with Crippen molar-refractivity contribution in [2.45, 2.75) is 17.7 Å². The average molecular weight is 461 g/mol. The van der Waals surface area contributed by atoms with Crippen LogP contribution in [0.5, 0.6) is 11.5 Å². The molecule has 30 heavy (non-hydrogen) atoms. The maximum absolute atomic E-state index is 12.4. The number of thioether (sulfide) groups is 1. The first kappa shape index (κ1) is 20.7. The van der Waals surface area contributed by atoms with Gasteiger partial charge in [0.1, 0.15) is 0 Å². The Labute approximate surface area is 186 Å². The quantitative estimate of drug-likeness (QED) is 0.395. The van der Waals surface area contributed by atoms with E-state index in [0.717, 1.165) is 9.90 Å². The molecular weight excluding hydrogens is 444 g/mol. The second-order valence-corrected chi connectivity index (χ2v) is 9.01. The zero-order chi connectivity index (χ0) is 21.1. The molecule has 0 spiro atoms. The molecule has 2 heterocycles. The van der Waals surface area contributed by atoms with E-state index in [9.17, 15) is 9.59 Å². The number of amides is 1. The number of benzene rings is 2. The Morgan fingerprint density at radius 2 is 2.07 bits per heavy atom. The van der Waals surface area contributed by atoms with Gasteiger partial charge in [-0.1, -0.05) is 29.4 Å². The molecule has 0 radical (unpaired) electrons. The van der Waals surface area contributed by atoms with E-state index in [4.69, 9.17) is 21.1 Å². The molecule has 0 aliphatic carbocycles. The van der Waals surface area contributed by atoms with Crippen LogP contribution in [0.25, 0.3) is 0 Å². The summed E-state index contributed by atoms with van der Waals surface area (Å²) < 4.78 is 11.3. The standard InChI is InChI=1S/C21H17ClN2O4S2/c1-12-15(22)3-2-4-16(12)24-20(26)8-14-9-29-21(23-14)30-10-17(25)13-5-6-18-19(7-13)28-11-27-18/h2-7,9H,8,10-11H2,1H3,(H,24,26). The number of thiazole rings is 1. The van der Waals surface area contributed by atoms with E-state index < -0.39 is 0 Å². The molecule has 1 aliphatic rings. The van der Waals surface area contributed by atoms with Crippen LogP contribution in [-0.4, -0.2) is 29.2 Å². The minimum Gasteiger partial charge on any atom is -0.454 e. The summed E-state index contributed by atoms with van der Waals surface area (Å²) in [5, 5.41) is 5.29. The first-order valence-corrected chi connectivity index (χ1v) is 11.3. The number of fused-ring (bicyclic) bond motifs is 1. The highest BCUT2D eigenvalue weighted by molar-refractivity contribution is 8.01. The topological polar surface area (TPSA) is 77.5 Å². The van der Waals surface area contributed by atoms with E-state index in [1.165, 1.54) is 23.1 Å². The SMILES string of the molecule is Cc1c(Cl)cccc1NC(=O)Cc1csc(SCC(=O)c2ccc3c(c2)OCO3)n1. The Hall–Kier alpha value is -2.55. The number of hydrogen-bond acceptors (Lipinski definition) is 7. The van der Waals surface area contributed by atoms with Crippen molar-refractivity contribution in [2.75, 3.05) is 17.9 Å². The summed E-state index contributed by atoms with van der Waals surface area (Å²) in [6.07, 6.45) is 0.152. The van der Waals surface area contributed by atoms with Gasteiger partial charge in [-0.2, -0.15) is 0 Å². The number of aromatic nitrogens is 1. The second-order valence-electron chi connectivity index (χ2n) is 6.52. The maximum Gasteiger partial charge on any atom is 0.231 e. The van der Waals surface area contributed by atoms with Crippen LogP contribution >= 0.6 is 34.7 Å². The van der Waals surface area contributed by atoms with Crippen LogP contribution in [-0.2, 0) is 11.2 Å². The van der Waals surface area contributed by atoms with Gasteiger partial charge >= 0.3 is 0 Å². The largest absolute Gasteiger partial charge is 0.454 e. The van der Waals surface area contributed by atoms with Crippen molar-refractivity contribution in [2.24, 2.45) is 0 Å². The summed E-state index contributed by atoms with van der Waals surface area (Å²) in [5.74, 6) is 1.29.